The van der Waals surface area contributed by atoms with E-state index in [0.717, 1.165) is 32.0 Å². The first-order chi connectivity index (χ1) is 11.4. The Labute approximate surface area is 154 Å². The molecule has 1 aliphatic rings. The molecule has 0 radical (unpaired) electrons. The van der Waals surface area contributed by atoms with E-state index in [9.17, 15) is 18.5 Å². The van der Waals surface area contributed by atoms with Crippen LogP contribution in [0.25, 0.3) is 0 Å². The molecule has 8 nitrogen and oxygen atoms in total. The standard InChI is InChI=1S/C15H23N3O5S.ClH/c1-3-16-11-12-6-8-17(9-7-12)24(21,22)15-10-13(18(19)20)4-5-14(15)23-2;/h4-5,10,12,16H,3,6-9,11H2,1-2H3;1H. The van der Waals surface area contributed by atoms with Crippen LogP contribution in [0, 0.1) is 16.0 Å². The van der Waals surface area contributed by atoms with Crippen molar-refractivity contribution in [1.29, 1.82) is 0 Å². The molecule has 1 aliphatic heterocycles. The Balaban J connectivity index is 0.00000312. The summed E-state index contributed by atoms with van der Waals surface area (Å²) in [5, 5.41) is 14.2. The van der Waals surface area contributed by atoms with Crippen LogP contribution in [0.15, 0.2) is 23.1 Å². The summed E-state index contributed by atoms with van der Waals surface area (Å²) in [4.78, 5) is 10.2. The summed E-state index contributed by atoms with van der Waals surface area (Å²) in [5.41, 5.74) is -0.267. The number of halogens is 1. The third-order valence-electron chi connectivity index (χ3n) is 4.23. The Morgan fingerprint density at radius 1 is 1.36 bits per heavy atom. The van der Waals surface area contributed by atoms with E-state index < -0.39 is 14.9 Å². The first-order valence-electron chi connectivity index (χ1n) is 7.93. The Morgan fingerprint density at radius 3 is 2.52 bits per heavy atom. The fraction of sp³-hybridized carbons (Fsp3) is 0.600. The predicted molar refractivity (Wildman–Crippen MR) is 96.9 cm³/mol. The fourth-order valence-corrected chi connectivity index (χ4v) is 4.47. The van der Waals surface area contributed by atoms with Crippen LogP contribution in [-0.4, -0.2) is 50.9 Å². The van der Waals surface area contributed by atoms with Crippen molar-refractivity contribution < 1.29 is 18.1 Å². The van der Waals surface area contributed by atoms with Gasteiger partial charge in [-0.3, -0.25) is 10.1 Å². The molecule has 1 saturated heterocycles. The molecule has 142 valence electrons. The van der Waals surface area contributed by atoms with E-state index in [4.69, 9.17) is 4.74 Å². The number of sulfonamides is 1. The first-order valence-corrected chi connectivity index (χ1v) is 9.37. The van der Waals surface area contributed by atoms with Crippen LogP contribution < -0.4 is 10.1 Å². The van der Waals surface area contributed by atoms with Gasteiger partial charge in [0.1, 0.15) is 10.6 Å². The molecule has 0 aromatic heterocycles. The number of benzene rings is 1. The minimum Gasteiger partial charge on any atom is -0.495 e. The number of nitro benzene ring substituents is 1. The maximum absolute atomic E-state index is 12.9. The molecule has 1 heterocycles. The maximum Gasteiger partial charge on any atom is 0.271 e. The van der Waals surface area contributed by atoms with Crippen LogP contribution in [0.5, 0.6) is 5.75 Å². The highest BCUT2D eigenvalue weighted by molar-refractivity contribution is 7.89. The van der Waals surface area contributed by atoms with E-state index in [-0.39, 0.29) is 28.7 Å². The molecule has 0 spiro atoms. The van der Waals surface area contributed by atoms with E-state index in [2.05, 4.69) is 5.32 Å². The van der Waals surface area contributed by atoms with Crippen molar-refractivity contribution in [3.8, 4) is 5.75 Å². The molecule has 0 saturated carbocycles. The van der Waals surface area contributed by atoms with Crippen molar-refractivity contribution in [3.63, 3.8) is 0 Å². The third kappa shape index (κ3) is 5.04. The molecule has 0 atom stereocenters. The highest BCUT2D eigenvalue weighted by atomic mass is 35.5. The largest absolute Gasteiger partial charge is 0.495 e. The molecule has 1 fully saturated rings. The van der Waals surface area contributed by atoms with Gasteiger partial charge in [-0.2, -0.15) is 4.31 Å². The average Bonchev–Trinajstić information content (AvgIpc) is 2.59. The Hall–Kier alpha value is -1.42. The van der Waals surface area contributed by atoms with Gasteiger partial charge < -0.3 is 10.1 Å². The summed E-state index contributed by atoms with van der Waals surface area (Å²) in [5.74, 6) is 0.568. The van der Waals surface area contributed by atoms with Gasteiger partial charge in [0.2, 0.25) is 10.0 Å². The van der Waals surface area contributed by atoms with Crippen LogP contribution in [0.3, 0.4) is 0 Å². The second-order valence-corrected chi connectivity index (χ2v) is 7.65. The van der Waals surface area contributed by atoms with E-state index in [1.165, 1.54) is 23.5 Å². The topological polar surface area (TPSA) is 102 Å². The molecule has 0 unspecified atom stereocenters. The van der Waals surface area contributed by atoms with E-state index >= 15 is 0 Å². The van der Waals surface area contributed by atoms with Gasteiger partial charge in [0, 0.05) is 25.2 Å². The smallest absolute Gasteiger partial charge is 0.271 e. The second kappa shape index (κ2) is 9.33. The number of nitrogens with zero attached hydrogens (tertiary/aromatic N) is 2. The number of nitrogens with one attached hydrogen (secondary N) is 1. The molecule has 1 aromatic carbocycles. The van der Waals surface area contributed by atoms with Crippen LogP contribution in [0.1, 0.15) is 19.8 Å². The number of piperidine rings is 1. The lowest BCUT2D eigenvalue weighted by molar-refractivity contribution is -0.385. The van der Waals surface area contributed by atoms with E-state index in [1.54, 1.807) is 0 Å². The van der Waals surface area contributed by atoms with Gasteiger partial charge in [-0.15, -0.1) is 12.4 Å². The summed E-state index contributed by atoms with van der Waals surface area (Å²) in [6.07, 6.45) is 1.53. The zero-order valence-electron chi connectivity index (χ0n) is 14.3. The van der Waals surface area contributed by atoms with Gasteiger partial charge in [0.05, 0.1) is 12.0 Å². The molecule has 1 N–H and O–H groups in total. The number of methoxy groups -OCH3 is 1. The summed E-state index contributed by atoms with van der Waals surface area (Å²) in [7, 11) is -2.47. The van der Waals surface area contributed by atoms with Gasteiger partial charge in [0.15, 0.2) is 0 Å². The van der Waals surface area contributed by atoms with Gasteiger partial charge in [0.25, 0.3) is 5.69 Å². The SMILES string of the molecule is CCNCC1CCN(S(=O)(=O)c2cc([N+](=O)[O-])ccc2OC)CC1.Cl. The van der Waals surface area contributed by atoms with Crippen molar-refractivity contribution >= 4 is 28.1 Å². The zero-order chi connectivity index (χ0) is 17.7. The highest BCUT2D eigenvalue weighted by Crippen LogP contribution is 2.32. The number of hydrogen-bond donors (Lipinski definition) is 1. The highest BCUT2D eigenvalue weighted by Gasteiger charge is 2.32. The zero-order valence-corrected chi connectivity index (χ0v) is 15.9. The van der Waals surface area contributed by atoms with E-state index in [1.807, 2.05) is 6.92 Å². The summed E-state index contributed by atoms with van der Waals surface area (Å²) < 4.78 is 32.2. The molecule has 0 amide bonds. The number of nitro groups is 1. The van der Waals surface area contributed by atoms with Gasteiger partial charge >= 0.3 is 0 Å². The lowest BCUT2D eigenvalue weighted by Gasteiger charge is -2.31. The first kappa shape index (κ1) is 21.6. The molecule has 2 rings (SSSR count). The average molecular weight is 394 g/mol. The Kier molecular flexibility index (Phi) is 8.07. The van der Waals surface area contributed by atoms with Crippen molar-refractivity contribution in [1.82, 2.24) is 9.62 Å². The van der Waals surface area contributed by atoms with Crippen LogP contribution in [0.2, 0.25) is 0 Å². The lowest BCUT2D eigenvalue weighted by Crippen LogP contribution is -2.40. The molecule has 25 heavy (non-hydrogen) atoms. The molecule has 0 bridgehead atoms. The normalized spacial score (nSPS) is 16.2. The fourth-order valence-electron chi connectivity index (χ4n) is 2.82. The molecular weight excluding hydrogens is 370 g/mol. The second-order valence-electron chi connectivity index (χ2n) is 5.75. The number of rotatable bonds is 7. The van der Waals surface area contributed by atoms with E-state index in [0.29, 0.717) is 19.0 Å². The number of ether oxygens (including phenoxy) is 1. The summed E-state index contributed by atoms with van der Waals surface area (Å²) >= 11 is 0. The minimum absolute atomic E-state index is 0. The van der Waals surface area contributed by atoms with Gasteiger partial charge in [-0.25, -0.2) is 8.42 Å². The Morgan fingerprint density at radius 2 is 2.00 bits per heavy atom. The molecule has 0 aliphatic carbocycles. The number of hydrogen-bond acceptors (Lipinski definition) is 6. The van der Waals surface area contributed by atoms with Crippen molar-refractivity contribution in [2.24, 2.45) is 5.92 Å². The van der Waals surface area contributed by atoms with Crippen molar-refractivity contribution in [2.75, 3.05) is 33.3 Å². The monoisotopic (exact) mass is 393 g/mol. The minimum atomic E-state index is -3.82. The molecular formula is C15H24ClN3O5S. The third-order valence-corrected chi connectivity index (χ3v) is 6.15. The van der Waals surface area contributed by atoms with Crippen LogP contribution >= 0.6 is 12.4 Å². The van der Waals surface area contributed by atoms with Crippen LogP contribution in [0.4, 0.5) is 5.69 Å². The van der Waals surface area contributed by atoms with Crippen LogP contribution in [-0.2, 0) is 10.0 Å². The molecule has 1 aromatic rings. The van der Waals surface area contributed by atoms with Gasteiger partial charge in [-0.1, -0.05) is 6.92 Å². The van der Waals surface area contributed by atoms with Crippen molar-refractivity contribution in [2.45, 2.75) is 24.7 Å². The summed E-state index contributed by atoms with van der Waals surface area (Å²) in [6.45, 7) is 4.62. The van der Waals surface area contributed by atoms with Gasteiger partial charge in [-0.05, 0) is 37.9 Å². The molecule has 10 heteroatoms. The lowest BCUT2D eigenvalue weighted by atomic mass is 9.98. The summed E-state index contributed by atoms with van der Waals surface area (Å²) in [6, 6.07) is 3.63. The quantitative estimate of drug-likeness (QED) is 0.561. The predicted octanol–water partition coefficient (Wildman–Crippen LogP) is 2.04. The maximum atomic E-state index is 12.9. The number of non-ortho nitro benzene ring substituents is 1. The van der Waals surface area contributed by atoms with Crippen molar-refractivity contribution in [3.05, 3.63) is 28.3 Å². The Bertz CT molecular complexity index is 690.